The Kier molecular flexibility index (Phi) is 4.96. The summed E-state index contributed by atoms with van der Waals surface area (Å²) in [6, 6.07) is 12.5. The lowest BCUT2D eigenvalue weighted by molar-refractivity contribution is 0.102. The number of aromatic nitrogens is 2. The maximum absolute atomic E-state index is 13.0. The second-order valence-corrected chi connectivity index (χ2v) is 7.11. The molecule has 0 unspecified atom stereocenters. The van der Waals surface area contributed by atoms with Crippen molar-refractivity contribution < 1.29 is 14.3 Å². The average Bonchev–Trinajstić information content (AvgIpc) is 3.47. The third-order valence-corrected chi connectivity index (χ3v) is 5.00. The number of H-pyrrole nitrogens is 1. The van der Waals surface area contributed by atoms with Gasteiger partial charge in [0.05, 0.1) is 25.6 Å². The number of aromatic amines is 1. The number of nitrogens with one attached hydrogen (secondary N) is 2. The fourth-order valence-corrected chi connectivity index (χ4v) is 3.35. The van der Waals surface area contributed by atoms with Crippen molar-refractivity contribution in [3.8, 4) is 22.8 Å². The topological polar surface area (TPSA) is 76.2 Å². The molecule has 0 aliphatic heterocycles. The van der Waals surface area contributed by atoms with Crippen LogP contribution in [0, 0.1) is 0 Å². The first-order valence-corrected chi connectivity index (χ1v) is 9.36. The van der Waals surface area contributed by atoms with Crippen molar-refractivity contribution in [2.75, 3.05) is 19.5 Å². The number of rotatable bonds is 6. The largest absolute Gasteiger partial charge is 0.493 e. The van der Waals surface area contributed by atoms with Crippen molar-refractivity contribution in [1.29, 1.82) is 0 Å². The van der Waals surface area contributed by atoms with Gasteiger partial charge in [0, 0.05) is 22.1 Å². The number of anilines is 1. The summed E-state index contributed by atoms with van der Waals surface area (Å²) in [5.41, 5.74) is 3.64. The normalized spacial score (nSPS) is 13.2. The van der Waals surface area contributed by atoms with E-state index in [9.17, 15) is 4.79 Å². The van der Waals surface area contributed by atoms with E-state index in [0.717, 1.165) is 24.1 Å². The van der Waals surface area contributed by atoms with Gasteiger partial charge in [0.15, 0.2) is 11.5 Å². The van der Waals surface area contributed by atoms with E-state index in [-0.39, 0.29) is 5.91 Å². The first kappa shape index (κ1) is 18.4. The van der Waals surface area contributed by atoms with Crippen LogP contribution in [0.3, 0.4) is 0 Å². The van der Waals surface area contributed by atoms with Crippen LogP contribution in [-0.4, -0.2) is 30.3 Å². The lowest BCUT2D eigenvalue weighted by Crippen LogP contribution is -2.13. The van der Waals surface area contributed by atoms with Gasteiger partial charge in [-0.05, 0) is 43.2 Å². The number of nitrogens with zero attached hydrogens (tertiary/aromatic N) is 1. The van der Waals surface area contributed by atoms with E-state index in [1.165, 1.54) is 7.11 Å². The highest BCUT2D eigenvalue weighted by molar-refractivity contribution is 6.30. The molecule has 1 heterocycles. The first-order valence-electron chi connectivity index (χ1n) is 8.98. The predicted octanol–water partition coefficient (Wildman–Crippen LogP) is 4.88. The van der Waals surface area contributed by atoms with Crippen LogP contribution in [0.25, 0.3) is 11.3 Å². The smallest absolute Gasteiger partial charge is 0.255 e. The molecule has 0 atom stereocenters. The quantitative estimate of drug-likeness (QED) is 0.621. The fraction of sp³-hybridized carbons (Fsp3) is 0.238. The summed E-state index contributed by atoms with van der Waals surface area (Å²) >= 11 is 6.14. The van der Waals surface area contributed by atoms with Crippen LogP contribution in [-0.2, 0) is 0 Å². The van der Waals surface area contributed by atoms with Crippen molar-refractivity contribution in [3.05, 3.63) is 58.7 Å². The Bertz CT molecular complexity index is 1030. The Morgan fingerprint density at radius 3 is 2.61 bits per heavy atom. The molecule has 0 saturated heterocycles. The molecule has 0 radical (unpaired) electrons. The van der Waals surface area contributed by atoms with Crippen molar-refractivity contribution in [1.82, 2.24) is 10.2 Å². The minimum Gasteiger partial charge on any atom is -0.493 e. The molecule has 1 saturated carbocycles. The molecule has 6 nitrogen and oxygen atoms in total. The molecule has 7 heteroatoms. The van der Waals surface area contributed by atoms with Gasteiger partial charge in [-0.25, -0.2) is 0 Å². The van der Waals surface area contributed by atoms with E-state index in [2.05, 4.69) is 15.5 Å². The third kappa shape index (κ3) is 3.55. The summed E-state index contributed by atoms with van der Waals surface area (Å²) in [6.07, 6.45) is 2.16. The minimum absolute atomic E-state index is 0.243. The number of benzene rings is 2. The SMILES string of the molecule is COc1ccc(C(=O)Nc2c(-c3cccc(Cl)c3)n[nH]c2C2CC2)cc1OC. The molecule has 2 aromatic carbocycles. The number of amides is 1. The van der Waals surface area contributed by atoms with Crippen molar-refractivity contribution in [2.45, 2.75) is 18.8 Å². The third-order valence-electron chi connectivity index (χ3n) is 4.76. The van der Waals surface area contributed by atoms with Crippen LogP contribution in [0.4, 0.5) is 5.69 Å². The molecule has 28 heavy (non-hydrogen) atoms. The average molecular weight is 398 g/mol. The fourth-order valence-electron chi connectivity index (χ4n) is 3.16. The highest BCUT2D eigenvalue weighted by atomic mass is 35.5. The van der Waals surface area contributed by atoms with Gasteiger partial charge in [-0.1, -0.05) is 23.7 Å². The molecule has 1 aromatic heterocycles. The van der Waals surface area contributed by atoms with Crippen molar-refractivity contribution in [3.63, 3.8) is 0 Å². The molecular formula is C21H20ClN3O3. The zero-order valence-corrected chi connectivity index (χ0v) is 16.3. The molecule has 3 aromatic rings. The van der Waals surface area contributed by atoms with Crippen LogP contribution >= 0.6 is 11.6 Å². The lowest BCUT2D eigenvalue weighted by atomic mass is 10.1. The van der Waals surface area contributed by atoms with E-state index in [1.807, 2.05) is 18.2 Å². The molecule has 1 fully saturated rings. The standard InChI is InChI=1S/C21H20ClN3O3/c1-27-16-9-8-14(11-17(16)28-2)21(26)23-20-18(12-6-7-12)24-25-19(20)13-4-3-5-15(22)10-13/h3-5,8-12H,6-7H2,1-2H3,(H,23,26)(H,24,25). The monoisotopic (exact) mass is 397 g/mol. The Hall–Kier alpha value is -2.99. The summed E-state index contributed by atoms with van der Waals surface area (Å²) in [5, 5.41) is 11.2. The molecule has 4 rings (SSSR count). The second-order valence-electron chi connectivity index (χ2n) is 6.67. The van der Waals surface area contributed by atoms with E-state index < -0.39 is 0 Å². The Balaban J connectivity index is 1.69. The van der Waals surface area contributed by atoms with Gasteiger partial charge >= 0.3 is 0 Å². The van der Waals surface area contributed by atoms with Gasteiger partial charge in [-0.2, -0.15) is 5.10 Å². The number of ether oxygens (including phenoxy) is 2. The molecule has 144 valence electrons. The van der Waals surface area contributed by atoms with E-state index in [1.54, 1.807) is 31.4 Å². The van der Waals surface area contributed by atoms with Crippen LogP contribution in [0.5, 0.6) is 11.5 Å². The van der Waals surface area contributed by atoms with Gasteiger partial charge in [0.1, 0.15) is 5.69 Å². The zero-order chi connectivity index (χ0) is 19.7. The number of hydrogen-bond donors (Lipinski definition) is 2. The second kappa shape index (κ2) is 7.56. The molecular weight excluding hydrogens is 378 g/mol. The van der Waals surface area contributed by atoms with Crippen molar-refractivity contribution in [2.24, 2.45) is 0 Å². The Morgan fingerprint density at radius 1 is 1.14 bits per heavy atom. The number of methoxy groups -OCH3 is 2. The number of halogens is 1. The summed E-state index contributed by atoms with van der Waals surface area (Å²) in [5.74, 6) is 1.22. The summed E-state index contributed by atoms with van der Waals surface area (Å²) in [4.78, 5) is 13.0. The first-order chi connectivity index (χ1) is 13.6. The lowest BCUT2D eigenvalue weighted by Gasteiger charge is -2.11. The van der Waals surface area contributed by atoms with Crippen LogP contribution < -0.4 is 14.8 Å². The van der Waals surface area contributed by atoms with E-state index >= 15 is 0 Å². The molecule has 1 aliphatic carbocycles. The number of carbonyl (C=O) groups excluding carboxylic acids is 1. The van der Waals surface area contributed by atoms with Crippen molar-refractivity contribution >= 4 is 23.2 Å². The van der Waals surface area contributed by atoms with Gasteiger partial charge in [-0.3, -0.25) is 9.89 Å². The van der Waals surface area contributed by atoms with Crippen LogP contribution in [0.15, 0.2) is 42.5 Å². The maximum atomic E-state index is 13.0. The van der Waals surface area contributed by atoms with Gasteiger partial charge in [0.25, 0.3) is 5.91 Å². The Morgan fingerprint density at radius 2 is 1.93 bits per heavy atom. The van der Waals surface area contributed by atoms with Gasteiger partial charge in [0.2, 0.25) is 0 Å². The summed E-state index contributed by atoms with van der Waals surface area (Å²) in [6.45, 7) is 0. The predicted molar refractivity (Wildman–Crippen MR) is 109 cm³/mol. The summed E-state index contributed by atoms with van der Waals surface area (Å²) in [7, 11) is 3.10. The van der Waals surface area contributed by atoms with Gasteiger partial charge in [-0.15, -0.1) is 0 Å². The molecule has 0 spiro atoms. The van der Waals surface area contributed by atoms with Gasteiger partial charge < -0.3 is 14.8 Å². The van der Waals surface area contributed by atoms with Crippen LogP contribution in [0.2, 0.25) is 5.02 Å². The van der Waals surface area contributed by atoms with E-state index in [4.69, 9.17) is 21.1 Å². The number of hydrogen-bond acceptors (Lipinski definition) is 4. The Labute approximate surface area is 167 Å². The molecule has 0 bridgehead atoms. The highest BCUT2D eigenvalue weighted by Gasteiger charge is 2.31. The molecule has 1 amide bonds. The minimum atomic E-state index is -0.243. The summed E-state index contributed by atoms with van der Waals surface area (Å²) < 4.78 is 10.5. The van der Waals surface area contributed by atoms with E-state index in [0.29, 0.717) is 39.4 Å². The maximum Gasteiger partial charge on any atom is 0.255 e. The zero-order valence-electron chi connectivity index (χ0n) is 15.6. The molecule has 1 aliphatic rings. The number of carbonyl (C=O) groups is 1. The molecule has 2 N–H and O–H groups in total. The van der Waals surface area contributed by atoms with Crippen LogP contribution in [0.1, 0.15) is 34.8 Å². The highest BCUT2D eigenvalue weighted by Crippen LogP contribution is 2.45.